The lowest BCUT2D eigenvalue weighted by Crippen LogP contribution is -2.17. The van der Waals surface area contributed by atoms with E-state index in [1.807, 2.05) is 0 Å². The summed E-state index contributed by atoms with van der Waals surface area (Å²) in [6.45, 7) is 0. The molecule has 3 rings (SSSR count). The fourth-order valence-electron chi connectivity index (χ4n) is 2.02. The molecule has 2 heterocycles. The van der Waals surface area contributed by atoms with Crippen molar-refractivity contribution in [3.05, 3.63) is 54.9 Å². The van der Waals surface area contributed by atoms with Gasteiger partial charge in [-0.1, -0.05) is 0 Å². The third kappa shape index (κ3) is 3.59. The highest BCUT2D eigenvalue weighted by Crippen LogP contribution is 2.25. The average Bonchev–Trinajstić information content (AvgIpc) is 2.93. The molecular formula is C14H10F3N3O3S. The number of nitrogens with zero attached hydrogens (tertiary/aromatic N) is 2. The number of anilines is 1. The monoisotopic (exact) mass is 357 g/mol. The minimum atomic E-state index is -4.83. The molecule has 0 amide bonds. The third-order valence-corrected chi connectivity index (χ3v) is 4.42. The van der Waals surface area contributed by atoms with Gasteiger partial charge >= 0.3 is 6.36 Å². The Kier molecular flexibility index (Phi) is 3.84. The van der Waals surface area contributed by atoms with Crippen molar-refractivity contribution in [3.8, 4) is 5.75 Å². The van der Waals surface area contributed by atoms with Crippen LogP contribution >= 0.6 is 0 Å². The first-order valence-corrected chi connectivity index (χ1v) is 8.03. The van der Waals surface area contributed by atoms with Gasteiger partial charge in [0.25, 0.3) is 10.0 Å². The fraction of sp³-hybridized carbons (Fsp3) is 0.0714. The quantitative estimate of drug-likeness (QED) is 0.779. The number of ether oxygens (including phenoxy) is 1. The SMILES string of the molecule is O=S(=O)(Nc1ccn2nccc2c1)c1ccc(OC(F)(F)F)cc1. The number of rotatable bonds is 4. The van der Waals surface area contributed by atoms with Crippen molar-refractivity contribution in [2.75, 3.05) is 4.72 Å². The molecule has 126 valence electrons. The van der Waals surface area contributed by atoms with E-state index in [1.165, 1.54) is 6.07 Å². The number of hydrogen-bond donors (Lipinski definition) is 1. The normalized spacial score (nSPS) is 12.3. The maximum atomic E-state index is 12.3. The van der Waals surface area contributed by atoms with E-state index in [-0.39, 0.29) is 4.90 Å². The summed E-state index contributed by atoms with van der Waals surface area (Å²) >= 11 is 0. The Morgan fingerprint density at radius 1 is 1.08 bits per heavy atom. The van der Waals surface area contributed by atoms with Gasteiger partial charge in [-0.3, -0.25) is 4.72 Å². The third-order valence-electron chi connectivity index (χ3n) is 3.02. The second-order valence-corrected chi connectivity index (χ2v) is 6.42. The Hall–Kier alpha value is -2.75. The minimum absolute atomic E-state index is 0.189. The summed E-state index contributed by atoms with van der Waals surface area (Å²) < 4.78 is 68.5. The van der Waals surface area contributed by atoms with Crippen LogP contribution in [-0.4, -0.2) is 24.4 Å². The van der Waals surface area contributed by atoms with Crippen molar-refractivity contribution < 1.29 is 26.3 Å². The van der Waals surface area contributed by atoms with Gasteiger partial charge < -0.3 is 4.74 Å². The zero-order valence-electron chi connectivity index (χ0n) is 11.9. The van der Waals surface area contributed by atoms with Crippen LogP contribution in [0.25, 0.3) is 5.52 Å². The molecule has 0 saturated heterocycles. The standard InChI is InChI=1S/C14H10F3N3O3S/c15-14(16,17)23-12-1-3-13(4-2-12)24(21,22)19-10-6-8-20-11(9-10)5-7-18-20/h1-9,19H. The van der Waals surface area contributed by atoms with E-state index in [2.05, 4.69) is 14.6 Å². The van der Waals surface area contributed by atoms with Gasteiger partial charge in [0.1, 0.15) is 5.75 Å². The summed E-state index contributed by atoms with van der Waals surface area (Å²) in [6, 6.07) is 8.71. The summed E-state index contributed by atoms with van der Waals surface area (Å²) in [6.07, 6.45) is -1.69. The number of pyridine rings is 1. The molecule has 0 atom stereocenters. The Bertz CT molecular complexity index is 966. The van der Waals surface area contributed by atoms with Crippen molar-refractivity contribution in [2.45, 2.75) is 11.3 Å². The number of aromatic nitrogens is 2. The molecule has 3 aromatic rings. The van der Waals surface area contributed by atoms with E-state index in [4.69, 9.17) is 0 Å². The van der Waals surface area contributed by atoms with Gasteiger partial charge in [-0.05, 0) is 42.5 Å². The van der Waals surface area contributed by atoms with Crippen LogP contribution in [0.5, 0.6) is 5.75 Å². The molecule has 0 radical (unpaired) electrons. The van der Waals surface area contributed by atoms with Crippen LogP contribution in [0.1, 0.15) is 0 Å². The molecule has 0 aliphatic rings. The van der Waals surface area contributed by atoms with Crippen LogP contribution in [0.4, 0.5) is 18.9 Å². The van der Waals surface area contributed by atoms with Crippen LogP contribution in [0.15, 0.2) is 59.8 Å². The Balaban J connectivity index is 1.81. The molecule has 0 fully saturated rings. The topological polar surface area (TPSA) is 72.7 Å². The van der Waals surface area contributed by atoms with Crippen LogP contribution in [0, 0.1) is 0 Å². The molecule has 0 aliphatic carbocycles. The summed E-state index contributed by atoms with van der Waals surface area (Å²) in [5.74, 6) is -0.498. The molecule has 24 heavy (non-hydrogen) atoms. The first-order valence-electron chi connectivity index (χ1n) is 6.55. The first-order chi connectivity index (χ1) is 11.2. The number of halogens is 3. The Labute approximate surface area is 134 Å². The molecule has 0 unspecified atom stereocenters. The van der Waals surface area contributed by atoms with E-state index in [0.29, 0.717) is 11.2 Å². The molecule has 1 N–H and O–H groups in total. The van der Waals surface area contributed by atoms with Crippen molar-refractivity contribution in [1.29, 1.82) is 0 Å². The van der Waals surface area contributed by atoms with Gasteiger partial charge in [0.05, 0.1) is 16.1 Å². The van der Waals surface area contributed by atoms with E-state index >= 15 is 0 Å². The largest absolute Gasteiger partial charge is 0.573 e. The summed E-state index contributed by atoms with van der Waals surface area (Å²) in [5.41, 5.74) is 0.989. The minimum Gasteiger partial charge on any atom is -0.406 e. The summed E-state index contributed by atoms with van der Waals surface area (Å²) in [4.78, 5) is -0.189. The molecule has 1 aromatic carbocycles. The number of nitrogens with one attached hydrogen (secondary N) is 1. The Morgan fingerprint density at radius 3 is 2.46 bits per heavy atom. The smallest absolute Gasteiger partial charge is 0.406 e. The van der Waals surface area contributed by atoms with Gasteiger partial charge in [-0.25, -0.2) is 12.9 Å². The lowest BCUT2D eigenvalue weighted by atomic mass is 10.3. The average molecular weight is 357 g/mol. The van der Waals surface area contributed by atoms with Crippen molar-refractivity contribution in [1.82, 2.24) is 9.61 Å². The van der Waals surface area contributed by atoms with Crippen molar-refractivity contribution >= 4 is 21.2 Å². The van der Waals surface area contributed by atoms with Crippen LogP contribution in [0.2, 0.25) is 0 Å². The van der Waals surface area contributed by atoms with Gasteiger partial charge in [0.2, 0.25) is 0 Å². The summed E-state index contributed by atoms with van der Waals surface area (Å²) in [7, 11) is -3.94. The molecule has 6 nitrogen and oxygen atoms in total. The first kappa shape index (κ1) is 16.1. The number of hydrogen-bond acceptors (Lipinski definition) is 4. The molecule has 2 aromatic heterocycles. The lowest BCUT2D eigenvalue weighted by Gasteiger charge is -2.11. The second-order valence-electron chi connectivity index (χ2n) is 4.74. The lowest BCUT2D eigenvalue weighted by molar-refractivity contribution is -0.274. The zero-order valence-corrected chi connectivity index (χ0v) is 12.7. The molecule has 10 heteroatoms. The maximum absolute atomic E-state index is 12.3. The fourth-order valence-corrected chi connectivity index (χ4v) is 3.07. The molecule has 0 bridgehead atoms. The van der Waals surface area contributed by atoms with Gasteiger partial charge in [-0.2, -0.15) is 5.10 Å². The van der Waals surface area contributed by atoms with Crippen LogP contribution in [0.3, 0.4) is 0 Å². The number of sulfonamides is 1. The van der Waals surface area contributed by atoms with Gasteiger partial charge in [-0.15, -0.1) is 13.2 Å². The second kappa shape index (κ2) is 5.71. The predicted octanol–water partition coefficient (Wildman–Crippen LogP) is 3.03. The van der Waals surface area contributed by atoms with Gasteiger partial charge in [0.15, 0.2) is 0 Å². The zero-order chi connectivity index (χ0) is 17.4. The van der Waals surface area contributed by atoms with Gasteiger partial charge in [0, 0.05) is 12.4 Å². The van der Waals surface area contributed by atoms with E-state index in [0.717, 1.165) is 24.3 Å². The highest BCUT2D eigenvalue weighted by molar-refractivity contribution is 7.92. The highest BCUT2D eigenvalue weighted by Gasteiger charge is 2.31. The molecule has 0 saturated carbocycles. The number of alkyl halides is 3. The highest BCUT2D eigenvalue weighted by atomic mass is 32.2. The van der Waals surface area contributed by atoms with Crippen molar-refractivity contribution in [2.24, 2.45) is 0 Å². The van der Waals surface area contributed by atoms with E-state index in [9.17, 15) is 21.6 Å². The number of benzene rings is 1. The maximum Gasteiger partial charge on any atom is 0.573 e. The molecule has 0 spiro atoms. The van der Waals surface area contributed by atoms with Crippen LogP contribution in [-0.2, 0) is 10.0 Å². The Morgan fingerprint density at radius 2 is 1.79 bits per heavy atom. The van der Waals surface area contributed by atoms with Crippen molar-refractivity contribution in [3.63, 3.8) is 0 Å². The molecular weight excluding hydrogens is 347 g/mol. The summed E-state index contributed by atoms with van der Waals surface area (Å²) in [5, 5.41) is 3.99. The van der Waals surface area contributed by atoms with E-state index in [1.54, 1.807) is 29.0 Å². The molecule has 0 aliphatic heterocycles. The number of fused-ring (bicyclic) bond motifs is 1. The van der Waals surface area contributed by atoms with Crippen LogP contribution < -0.4 is 9.46 Å². The predicted molar refractivity (Wildman–Crippen MR) is 79.1 cm³/mol. The van der Waals surface area contributed by atoms with E-state index < -0.39 is 22.1 Å².